The van der Waals surface area contributed by atoms with E-state index < -0.39 is 0 Å². The molecule has 2 nitrogen and oxygen atoms in total. The Morgan fingerprint density at radius 1 is 1.29 bits per heavy atom. The summed E-state index contributed by atoms with van der Waals surface area (Å²) in [5.74, 6) is 0. The van der Waals surface area contributed by atoms with E-state index in [1.807, 2.05) is 7.05 Å². The molecular formula is C15H22N2. The molecule has 0 aliphatic carbocycles. The molecule has 0 bridgehead atoms. The Kier molecular flexibility index (Phi) is 3.85. The largest absolute Gasteiger partial charge is 0.344 e. The Morgan fingerprint density at radius 3 is 2.82 bits per heavy atom. The maximum Gasteiger partial charge on any atom is 0.0528 e. The van der Waals surface area contributed by atoms with Crippen LogP contribution in [0.2, 0.25) is 0 Å². The van der Waals surface area contributed by atoms with Crippen molar-refractivity contribution in [3.63, 3.8) is 0 Å². The van der Waals surface area contributed by atoms with Crippen LogP contribution in [0.3, 0.4) is 0 Å². The maximum absolute atomic E-state index is 3.25. The van der Waals surface area contributed by atoms with Crippen molar-refractivity contribution in [1.82, 2.24) is 9.88 Å². The number of nitrogens with zero attached hydrogens (tertiary/aromatic N) is 1. The molecule has 1 atom stereocenters. The Morgan fingerprint density at radius 2 is 2.12 bits per heavy atom. The average Bonchev–Trinajstić information content (AvgIpc) is 2.74. The molecule has 0 spiro atoms. The predicted molar refractivity (Wildman–Crippen MR) is 74.3 cm³/mol. The van der Waals surface area contributed by atoms with Crippen LogP contribution in [-0.2, 0) is 6.54 Å². The van der Waals surface area contributed by atoms with Crippen molar-refractivity contribution in [2.45, 2.75) is 39.3 Å². The summed E-state index contributed by atoms with van der Waals surface area (Å²) in [4.78, 5) is 0. The van der Waals surface area contributed by atoms with E-state index in [-0.39, 0.29) is 0 Å². The second kappa shape index (κ2) is 5.37. The van der Waals surface area contributed by atoms with Crippen LogP contribution in [0.25, 0.3) is 10.9 Å². The third kappa shape index (κ3) is 2.37. The molecule has 92 valence electrons. The summed E-state index contributed by atoms with van der Waals surface area (Å²) in [6, 6.07) is 9.36. The average molecular weight is 230 g/mol. The van der Waals surface area contributed by atoms with Crippen LogP contribution >= 0.6 is 0 Å². The van der Waals surface area contributed by atoms with Crippen LogP contribution in [0.5, 0.6) is 0 Å². The molecule has 2 aromatic rings. The molecule has 0 fully saturated rings. The molecule has 1 heterocycles. The first-order valence-electron chi connectivity index (χ1n) is 6.51. The minimum Gasteiger partial charge on any atom is -0.344 e. The highest BCUT2D eigenvalue weighted by molar-refractivity contribution is 5.83. The van der Waals surface area contributed by atoms with E-state index in [1.165, 1.54) is 29.3 Å². The number of benzene rings is 1. The lowest BCUT2D eigenvalue weighted by atomic mass is 10.1. The third-order valence-electron chi connectivity index (χ3n) is 3.37. The van der Waals surface area contributed by atoms with Gasteiger partial charge in [-0.25, -0.2) is 0 Å². The molecule has 0 aliphatic heterocycles. The summed E-state index contributed by atoms with van der Waals surface area (Å²) in [6.07, 6.45) is 4.69. The Hall–Kier alpha value is -1.28. The van der Waals surface area contributed by atoms with Crippen LogP contribution in [-0.4, -0.2) is 11.6 Å². The van der Waals surface area contributed by atoms with Crippen LogP contribution in [0.15, 0.2) is 30.5 Å². The van der Waals surface area contributed by atoms with Gasteiger partial charge >= 0.3 is 0 Å². The predicted octanol–water partition coefficient (Wildman–Crippen LogP) is 3.72. The van der Waals surface area contributed by atoms with E-state index in [2.05, 4.69) is 54.2 Å². The number of hydrogen-bond donors (Lipinski definition) is 1. The minimum atomic E-state index is 0.579. The Bertz CT molecular complexity index is 485. The lowest BCUT2D eigenvalue weighted by Crippen LogP contribution is -2.09. The summed E-state index contributed by atoms with van der Waals surface area (Å²) in [6.45, 7) is 5.48. The second-order valence-electron chi connectivity index (χ2n) is 4.75. The van der Waals surface area contributed by atoms with Crippen LogP contribution in [0.4, 0.5) is 0 Å². The van der Waals surface area contributed by atoms with E-state index in [0.29, 0.717) is 6.04 Å². The van der Waals surface area contributed by atoms with E-state index in [9.17, 15) is 0 Å². The molecule has 2 heteroatoms. The highest BCUT2D eigenvalue weighted by atomic mass is 15.0. The first kappa shape index (κ1) is 12.2. The summed E-state index contributed by atoms with van der Waals surface area (Å²) in [5, 5.41) is 4.60. The standard InChI is InChI=1S/C15H22N2/c1-4-6-12(2)17-10-9-13-7-5-8-14(11-16-3)15(13)17/h5,7-10,12,16H,4,6,11H2,1-3H3. The highest BCUT2D eigenvalue weighted by Crippen LogP contribution is 2.25. The summed E-state index contributed by atoms with van der Waals surface area (Å²) in [7, 11) is 2.00. The molecule has 0 saturated carbocycles. The number of fused-ring (bicyclic) bond motifs is 1. The minimum absolute atomic E-state index is 0.579. The van der Waals surface area contributed by atoms with Gasteiger partial charge in [0.25, 0.3) is 0 Å². The van der Waals surface area contributed by atoms with Gasteiger partial charge in [-0.05, 0) is 37.4 Å². The van der Waals surface area contributed by atoms with Gasteiger partial charge in [-0.3, -0.25) is 0 Å². The molecule has 1 N–H and O–H groups in total. The molecule has 0 radical (unpaired) electrons. The highest BCUT2D eigenvalue weighted by Gasteiger charge is 2.10. The van der Waals surface area contributed by atoms with Gasteiger partial charge in [-0.1, -0.05) is 31.5 Å². The molecule has 2 rings (SSSR count). The maximum atomic E-state index is 3.25. The fourth-order valence-electron chi connectivity index (χ4n) is 2.55. The van der Waals surface area contributed by atoms with Crippen molar-refractivity contribution in [2.24, 2.45) is 0 Å². The fourth-order valence-corrected chi connectivity index (χ4v) is 2.55. The normalized spacial score (nSPS) is 13.1. The summed E-state index contributed by atoms with van der Waals surface area (Å²) in [5.41, 5.74) is 2.78. The van der Waals surface area contributed by atoms with E-state index in [4.69, 9.17) is 0 Å². The Labute approximate surface area is 104 Å². The molecule has 1 aromatic carbocycles. The van der Waals surface area contributed by atoms with Gasteiger partial charge in [0.2, 0.25) is 0 Å². The van der Waals surface area contributed by atoms with Crippen molar-refractivity contribution < 1.29 is 0 Å². The molecule has 17 heavy (non-hydrogen) atoms. The quantitative estimate of drug-likeness (QED) is 0.828. The zero-order valence-corrected chi connectivity index (χ0v) is 11.0. The molecule has 1 aromatic heterocycles. The fraction of sp³-hybridized carbons (Fsp3) is 0.467. The number of hydrogen-bond acceptors (Lipinski definition) is 1. The van der Waals surface area contributed by atoms with Gasteiger partial charge in [0.1, 0.15) is 0 Å². The SMILES string of the molecule is CCCC(C)n1ccc2cccc(CNC)c21. The van der Waals surface area contributed by atoms with E-state index >= 15 is 0 Å². The Balaban J connectivity index is 2.49. The number of para-hydroxylation sites is 1. The van der Waals surface area contributed by atoms with Gasteiger partial charge in [0.15, 0.2) is 0 Å². The third-order valence-corrected chi connectivity index (χ3v) is 3.37. The smallest absolute Gasteiger partial charge is 0.0528 e. The molecule has 0 amide bonds. The van der Waals surface area contributed by atoms with Crippen molar-refractivity contribution in [3.8, 4) is 0 Å². The molecular weight excluding hydrogens is 208 g/mol. The van der Waals surface area contributed by atoms with Gasteiger partial charge in [0, 0.05) is 18.8 Å². The van der Waals surface area contributed by atoms with Crippen molar-refractivity contribution in [2.75, 3.05) is 7.05 Å². The number of rotatable bonds is 5. The van der Waals surface area contributed by atoms with Crippen LogP contribution in [0.1, 0.15) is 38.3 Å². The van der Waals surface area contributed by atoms with E-state index in [1.54, 1.807) is 0 Å². The molecule has 1 unspecified atom stereocenters. The lowest BCUT2D eigenvalue weighted by Gasteiger charge is -2.16. The van der Waals surface area contributed by atoms with Crippen LogP contribution in [0, 0.1) is 0 Å². The van der Waals surface area contributed by atoms with Gasteiger partial charge < -0.3 is 9.88 Å². The van der Waals surface area contributed by atoms with Crippen molar-refractivity contribution in [1.29, 1.82) is 0 Å². The first-order valence-corrected chi connectivity index (χ1v) is 6.51. The summed E-state index contributed by atoms with van der Waals surface area (Å²) < 4.78 is 2.42. The first-order chi connectivity index (χ1) is 8.27. The van der Waals surface area contributed by atoms with Gasteiger partial charge in [0.05, 0.1) is 5.52 Å². The van der Waals surface area contributed by atoms with Crippen molar-refractivity contribution >= 4 is 10.9 Å². The zero-order valence-electron chi connectivity index (χ0n) is 11.0. The summed E-state index contributed by atoms with van der Waals surface area (Å²) >= 11 is 0. The molecule has 0 saturated heterocycles. The zero-order chi connectivity index (χ0) is 12.3. The van der Waals surface area contributed by atoms with Gasteiger partial charge in [-0.15, -0.1) is 0 Å². The second-order valence-corrected chi connectivity index (χ2v) is 4.75. The monoisotopic (exact) mass is 230 g/mol. The van der Waals surface area contributed by atoms with Gasteiger partial charge in [-0.2, -0.15) is 0 Å². The number of aromatic nitrogens is 1. The topological polar surface area (TPSA) is 17.0 Å². The van der Waals surface area contributed by atoms with Crippen molar-refractivity contribution in [3.05, 3.63) is 36.0 Å². The molecule has 0 aliphatic rings. The van der Waals surface area contributed by atoms with Crippen LogP contribution < -0.4 is 5.32 Å². The van der Waals surface area contributed by atoms with E-state index in [0.717, 1.165) is 6.54 Å². The lowest BCUT2D eigenvalue weighted by molar-refractivity contribution is 0.514. The number of nitrogens with one attached hydrogen (secondary N) is 1.